The Morgan fingerprint density at radius 2 is 2.02 bits per heavy atom. The van der Waals surface area contributed by atoms with Crippen LogP contribution in [-0.4, -0.2) is 50.3 Å². The third-order valence-electron chi connectivity index (χ3n) is 8.30. The molecule has 41 heavy (non-hydrogen) atoms. The Bertz CT molecular complexity index is 1520. The number of nitrogens with one attached hydrogen (secondary N) is 2. The molecule has 2 unspecified atom stereocenters. The van der Waals surface area contributed by atoms with Gasteiger partial charge < -0.3 is 15.4 Å². The summed E-state index contributed by atoms with van der Waals surface area (Å²) in [5.74, 6) is 2.29. The molecule has 4 aromatic rings. The highest BCUT2D eigenvalue weighted by Crippen LogP contribution is 2.36. The van der Waals surface area contributed by atoms with Crippen molar-refractivity contribution in [2.45, 2.75) is 53.0 Å². The minimum absolute atomic E-state index is 0.452. The Kier molecular flexibility index (Phi) is 8.83. The van der Waals surface area contributed by atoms with Crippen LogP contribution in [0.4, 0.5) is 11.8 Å². The Balaban J connectivity index is 1.44. The predicted octanol–water partition coefficient (Wildman–Crippen LogP) is 5.40. The van der Waals surface area contributed by atoms with E-state index in [1.54, 1.807) is 7.11 Å². The van der Waals surface area contributed by atoms with E-state index in [0.29, 0.717) is 36.8 Å². The smallest absolute Gasteiger partial charge is 0.228 e. The molecule has 5 rings (SSSR count). The fraction of sp³-hybridized carbons (Fsp3) is 0.438. The summed E-state index contributed by atoms with van der Waals surface area (Å²) in [6.07, 6.45) is 9.71. The highest BCUT2D eigenvalue weighted by atomic mass is 16.5. The molecule has 2 atom stereocenters. The number of ether oxygens (including phenoxy) is 1. The zero-order valence-electron chi connectivity index (χ0n) is 25.1. The summed E-state index contributed by atoms with van der Waals surface area (Å²) < 4.78 is 9.04. The van der Waals surface area contributed by atoms with Crippen molar-refractivity contribution in [1.29, 1.82) is 0 Å². The van der Waals surface area contributed by atoms with Crippen molar-refractivity contribution >= 4 is 17.3 Å². The first kappa shape index (κ1) is 28.5. The third kappa shape index (κ3) is 6.20. The zero-order valence-corrected chi connectivity index (χ0v) is 25.1. The van der Waals surface area contributed by atoms with Gasteiger partial charge in [-0.2, -0.15) is 10.2 Å². The van der Waals surface area contributed by atoms with E-state index in [1.165, 1.54) is 22.4 Å². The summed E-state index contributed by atoms with van der Waals surface area (Å²) in [6.45, 7) is 8.22. The summed E-state index contributed by atoms with van der Waals surface area (Å²) in [5.41, 5.74) is 9.37. The molecule has 0 amide bonds. The molecule has 2 N–H and O–H groups in total. The Labute approximate surface area is 243 Å². The van der Waals surface area contributed by atoms with E-state index in [9.17, 15) is 0 Å². The van der Waals surface area contributed by atoms with Gasteiger partial charge in [0.2, 0.25) is 5.95 Å². The van der Waals surface area contributed by atoms with Gasteiger partial charge in [-0.05, 0) is 46.9 Å². The lowest BCUT2D eigenvalue weighted by Gasteiger charge is -2.23. The van der Waals surface area contributed by atoms with Crippen molar-refractivity contribution in [3.8, 4) is 11.3 Å². The van der Waals surface area contributed by atoms with Gasteiger partial charge in [0, 0.05) is 57.8 Å². The van der Waals surface area contributed by atoms with E-state index in [4.69, 9.17) is 14.8 Å². The molecule has 0 saturated heterocycles. The SMILES string of the molecule is CCC(C)C(C)/C(=C\NC)c1cccc(Cc2c3c(nn2C)CCc2cnc(Nc4ccn(CCOC)n4)nc2-3)c1. The van der Waals surface area contributed by atoms with E-state index >= 15 is 0 Å². The molecule has 1 aliphatic rings. The Morgan fingerprint density at radius 1 is 1.17 bits per heavy atom. The van der Waals surface area contributed by atoms with Gasteiger partial charge >= 0.3 is 0 Å². The largest absolute Gasteiger partial charge is 0.394 e. The molecule has 9 nitrogen and oxygen atoms in total. The van der Waals surface area contributed by atoms with Crippen molar-refractivity contribution in [3.05, 3.63) is 77.0 Å². The third-order valence-corrected chi connectivity index (χ3v) is 8.30. The first-order chi connectivity index (χ1) is 19.9. The van der Waals surface area contributed by atoms with E-state index < -0.39 is 0 Å². The second-order valence-corrected chi connectivity index (χ2v) is 11.0. The zero-order chi connectivity index (χ0) is 28.9. The number of benzene rings is 1. The van der Waals surface area contributed by atoms with Crippen molar-refractivity contribution < 1.29 is 4.74 Å². The second kappa shape index (κ2) is 12.7. The quantitative estimate of drug-likeness (QED) is 0.242. The molecule has 3 aromatic heterocycles. The van der Waals surface area contributed by atoms with E-state index in [0.717, 1.165) is 48.2 Å². The number of nitrogens with zero attached hydrogens (tertiary/aromatic N) is 6. The summed E-state index contributed by atoms with van der Waals surface area (Å²) in [6, 6.07) is 10.9. The van der Waals surface area contributed by atoms with E-state index in [2.05, 4.69) is 72.0 Å². The average molecular weight is 555 g/mol. The molecular formula is C32H42N8O. The lowest BCUT2D eigenvalue weighted by molar-refractivity contribution is 0.183. The molecular weight excluding hydrogens is 512 g/mol. The van der Waals surface area contributed by atoms with Gasteiger partial charge in [0.1, 0.15) is 0 Å². The molecule has 9 heteroatoms. The van der Waals surface area contributed by atoms with Crippen LogP contribution in [0.5, 0.6) is 0 Å². The number of anilines is 2. The summed E-state index contributed by atoms with van der Waals surface area (Å²) in [5, 5.41) is 16.0. The van der Waals surface area contributed by atoms with Gasteiger partial charge in [-0.25, -0.2) is 9.97 Å². The van der Waals surface area contributed by atoms with Crippen LogP contribution in [0.1, 0.15) is 55.3 Å². The fourth-order valence-corrected chi connectivity index (χ4v) is 5.59. The predicted molar refractivity (Wildman–Crippen MR) is 164 cm³/mol. The maximum Gasteiger partial charge on any atom is 0.228 e. The number of allylic oxidation sites excluding steroid dienone is 1. The normalized spacial score (nSPS) is 14.3. The molecule has 3 heterocycles. The van der Waals surface area contributed by atoms with E-state index in [1.807, 2.05) is 41.9 Å². The monoisotopic (exact) mass is 554 g/mol. The highest BCUT2D eigenvalue weighted by molar-refractivity contribution is 5.73. The fourth-order valence-electron chi connectivity index (χ4n) is 5.59. The summed E-state index contributed by atoms with van der Waals surface area (Å²) in [4.78, 5) is 9.59. The van der Waals surface area contributed by atoms with Gasteiger partial charge in [-0.3, -0.25) is 9.36 Å². The molecule has 216 valence electrons. The first-order valence-corrected chi connectivity index (χ1v) is 14.6. The molecule has 0 fully saturated rings. The summed E-state index contributed by atoms with van der Waals surface area (Å²) >= 11 is 0. The number of methoxy groups -OCH3 is 1. The van der Waals surface area contributed by atoms with Crippen LogP contribution >= 0.6 is 0 Å². The molecule has 0 radical (unpaired) electrons. The van der Waals surface area contributed by atoms with Crippen molar-refractivity contribution in [2.75, 3.05) is 26.1 Å². The van der Waals surface area contributed by atoms with Crippen LogP contribution in [-0.2, 0) is 37.6 Å². The van der Waals surface area contributed by atoms with Gasteiger partial charge in [0.15, 0.2) is 5.82 Å². The maximum atomic E-state index is 5.16. The highest BCUT2D eigenvalue weighted by Gasteiger charge is 2.27. The van der Waals surface area contributed by atoms with Crippen LogP contribution in [0.25, 0.3) is 16.8 Å². The van der Waals surface area contributed by atoms with E-state index in [-0.39, 0.29) is 0 Å². The molecule has 1 aliphatic carbocycles. The van der Waals surface area contributed by atoms with Crippen molar-refractivity contribution in [3.63, 3.8) is 0 Å². The lowest BCUT2D eigenvalue weighted by Crippen LogP contribution is -2.12. The standard InChI is InChI=1S/C32H42N8O/c1-7-21(2)22(3)26(20-33-4)24-10-8-9-23(17-24)18-28-30-27(37-39(28)5)12-11-25-19-34-32(36-31(25)30)35-29-13-14-40(38-29)15-16-41-6/h8-10,13-14,17,19-22,33H,7,11-12,15-16,18H2,1-6H3,(H,34,35,36,38)/b26-20+. The van der Waals surface area contributed by atoms with Crippen LogP contribution in [0.2, 0.25) is 0 Å². The number of fused-ring (bicyclic) bond motifs is 3. The molecule has 0 bridgehead atoms. The van der Waals surface area contributed by atoms with Crippen molar-refractivity contribution in [1.82, 2.24) is 34.8 Å². The first-order valence-electron chi connectivity index (χ1n) is 14.6. The lowest BCUT2D eigenvalue weighted by atomic mass is 9.83. The van der Waals surface area contributed by atoms with Gasteiger partial charge in [0.05, 0.1) is 30.2 Å². The molecule has 0 saturated carbocycles. The maximum absolute atomic E-state index is 5.16. The Morgan fingerprint density at radius 3 is 2.80 bits per heavy atom. The van der Waals surface area contributed by atoms with Crippen LogP contribution in [0.3, 0.4) is 0 Å². The number of aromatic nitrogens is 6. The van der Waals surface area contributed by atoms with Crippen LogP contribution < -0.4 is 10.6 Å². The average Bonchev–Trinajstić information content (AvgIpc) is 3.57. The van der Waals surface area contributed by atoms with Gasteiger partial charge in [0.25, 0.3) is 0 Å². The van der Waals surface area contributed by atoms with Crippen LogP contribution in [0.15, 0.2) is 48.9 Å². The molecule has 1 aromatic carbocycles. The van der Waals surface area contributed by atoms with Gasteiger partial charge in [-0.15, -0.1) is 0 Å². The number of aryl methyl sites for hydroxylation is 3. The van der Waals surface area contributed by atoms with Crippen molar-refractivity contribution in [2.24, 2.45) is 18.9 Å². The summed E-state index contributed by atoms with van der Waals surface area (Å²) in [7, 11) is 5.71. The van der Waals surface area contributed by atoms with Gasteiger partial charge in [-0.1, -0.05) is 51.5 Å². The minimum Gasteiger partial charge on any atom is -0.394 e. The molecule has 0 aliphatic heterocycles. The Hall–Kier alpha value is -3.98. The van der Waals surface area contributed by atoms with Crippen LogP contribution in [0, 0.1) is 11.8 Å². The topological polar surface area (TPSA) is 94.7 Å². The second-order valence-electron chi connectivity index (χ2n) is 11.0. The number of hydrogen-bond donors (Lipinski definition) is 2. The number of hydrogen-bond acceptors (Lipinski definition) is 7. The molecule has 0 spiro atoms. The minimum atomic E-state index is 0.452. The number of rotatable bonds is 12.